The van der Waals surface area contributed by atoms with Crippen LogP contribution in [0.4, 0.5) is 11.7 Å². The fraction of sp³-hybridized carbons (Fsp3) is 0.500. The summed E-state index contributed by atoms with van der Waals surface area (Å²) in [5.41, 5.74) is 1.07. The molecule has 0 aliphatic heterocycles. The van der Waals surface area contributed by atoms with Crippen LogP contribution in [0, 0.1) is 16.0 Å². The van der Waals surface area contributed by atoms with Gasteiger partial charge in [0.25, 0.3) is 11.7 Å². The largest absolute Gasteiger partial charge is 0.424 e. The minimum atomic E-state index is -0.436. The van der Waals surface area contributed by atoms with E-state index in [-0.39, 0.29) is 11.7 Å². The van der Waals surface area contributed by atoms with E-state index in [1.54, 1.807) is 6.07 Å². The van der Waals surface area contributed by atoms with Crippen molar-refractivity contribution in [3.05, 3.63) is 28.3 Å². The average Bonchev–Trinajstić information content (AvgIpc) is 2.80. The van der Waals surface area contributed by atoms with Crippen LogP contribution in [0.2, 0.25) is 0 Å². The lowest BCUT2D eigenvalue weighted by Crippen LogP contribution is -2.25. The van der Waals surface area contributed by atoms with Crippen LogP contribution in [0.1, 0.15) is 33.6 Å². The van der Waals surface area contributed by atoms with Gasteiger partial charge < -0.3 is 9.73 Å². The second-order valence-corrected chi connectivity index (χ2v) is 4.94. The normalized spacial score (nSPS) is 12.8. The highest BCUT2D eigenvalue weighted by atomic mass is 16.6. The maximum absolute atomic E-state index is 10.7. The van der Waals surface area contributed by atoms with Crippen LogP contribution in [-0.4, -0.2) is 15.9 Å². The molecule has 108 valence electrons. The van der Waals surface area contributed by atoms with Gasteiger partial charge in [0.15, 0.2) is 5.58 Å². The Morgan fingerprint density at radius 3 is 2.70 bits per heavy atom. The highest BCUT2D eigenvalue weighted by Gasteiger charge is 2.17. The van der Waals surface area contributed by atoms with Crippen molar-refractivity contribution in [2.24, 2.45) is 5.92 Å². The van der Waals surface area contributed by atoms with Gasteiger partial charge in [0.05, 0.1) is 4.92 Å². The Bertz CT molecular complexity index is 605. The number of oxazole rings is 1. The maximum Gasteiger partial charge on any atom is 0.295 e. The van der Waals surface area contributed by atoms with Crippen LogP contribution in [0.25, 0.3) is 11.1 Å². The summed E-state index contributed by atoms with van der Waals surface area (Å²) in [6, 6.07) is 5.08. The second kappa shape index (κ2) is 5.90. The highest BCUT2D eigenvalue weighted by molar-refractivity contribution is 5.77. The Balaban J connectivity index is 2.21. The molecule has 2 aromatic rings. The van der Waals surface area contributed by atoms with Crippen molar-refractivity contribution in [1.29, 1.82) is 0 Å². The van der Waals surface area contributed by atoms with Crippen molar-refractivity contribution in [3.63, 3.8) is 0 Å². The number of fused-ring (bicyclic) bond motifs is 1. The predicted molar refractivity (Wildman–Crippen MR) is 77.8 cm³/mol. The number of rotatable bonds is 6. The molecule has 0 bridgehead atoms. The van der Waals surface area contributed by atoms with Gasteiger partial charge in [-0.3, -0.25) is 10.1 Å². The zero-order valence-electron chi connectivity index (χ0n) is 11.9. The van der Waals surface area contributed by atoms with E-state index in [1.165, 1.54) is 12.1 Å². The summed E-state index contributed by atoms with van der Waals surface area (Å²) in [6.45, 7) is 6.40. The van der Waals surface area contributed by atoms with Crippen molar-refractivity contribution in [1.82, 2.24) is 4.98 Å². The lowest BCUT2D eigenvalue weighted by atomic mass is 9.96. The molecule has 1 N–H and O–H groups in total. The van der Waals surface area contributed by atoms with Crippen LogP contribution in [0.3, 0.4) is 0 Å². The lowest BCUT2D eigenvalue weighted by molar-refractivity contribution is -0.384. The molecule has 0 radical (unpaired) electrons. The smallest absolute Gasteiger partial charge is 0.295 e. The molecule has 1 heterocycles. The molecule has 6 nitrogen and oxygen atoms in total. The van der Waals surface area contributed by atoms with E-state index >= 15 is 0 Å². The Labute approximate surface area is 117 Å². The van der Waals surface area contributed by atoms with E-state index in [0.717, 1.165) is 12.8 Å². The first-order valence-electron chi connectivity index (χ1n) is 6.86. The fourth-order valence-corrected chi connectivity index (χ4v) is 2.40. The molecule has 2 rings (SSSR count). The first-order chi connectivity index (χ1) is 9.55. The summed E-state index contributed by atoms with van der Waals surface area (Å²) < 4.78 is 5.57. The van der Waals surface area contributed by atoms with Gasteiger partial charge in [-0.25, -0.2) is 0 Å². The minimum Gasteiger partial charge on any atom is -0.424 e. The Morgan fingerprint density at radius 2 is 2.10 bits per heavy atom. The molecule has 20 heavy (non-hydrogen) atoms. The summed E-state index contributed by atoms with van der Waals surface area (Å²) >= 11 is 0. The van der Waals surface area contributed by atoms with Crippen molar-refractivity contribution >= 4 is 22.8 Å². The van der Waals surface area contributed by atoms with Gasteiger partial charge in [0.1, 0.15) is 5.52 Å². The molecule has 0 saturated heterocycles. The number of anilines is 1. The summed E-state index contributed by atoms with van der Waals surface area (Å²) in [4.78, 5) is 14.6. The maximum atomic E-state index is 10.7. The van der Waals surface area contributed by atoms with Crippen molar-refractivity contribution < 1.29 is 9.34 Å². The Kier molecular flexibility index (Phi) is 4.22. The number of benzene rings is 1. The number of non-ortho nitro benzene ring substituents is 1. The Hall–Kier alpha value is -2.11. The second-order valence-electron chi connectivity index (χ2n) is 4.94. The molecule has 1 aromatic heterocycles. The monoisotopic (exact) mass is 277 g/mol. The first kappa shape index (κ1) is 14.3. The summed E-state index contributed by atoms with van der Waals surface area (Å²) in [5, 5.41) is 14.0. The third-order valence-electron chi connectivity index (χ3n) is 3.69. The van der Waals surface area contributed by atoms with Crippen LogP contribution in [0.15, 0.2) is 22.6 Å². The van der Waals surface area contributed by atoms with Gasteiger partial charge in [0.2, 0.25) is 0 Å². The quantitative estimate of drug-likeness (QED) is 0.638. The Morgan fingerprint density at radius 1 is 1.40 bits per heavy atom. The van der Waals surface area contributed by atoms with Gasteiger partial charge in [-0.05, 0) is 18.9 Å². The summed E-state index contributed by atoms with van der Waals surface area (Å²) in [6.07, 6.45) is 2.16. The van der Waals surface area contributed by atoms with Gasteiger partial charge in [-0.1, -0.05) is 26.7 Å². The summed E-state index contributed by atoms with van der Waals surface area (Å²) in [7, 11) is 0. The van der Waals surface area contributed by atoms with E-state index in [0.29, 0.717) is 23.0 Å². The number of aromatic nitrogens is 1. The van der Waals surface area contributed by atoms with E-state index in [4.69, 9.17) is 4.42 Å². The zero-order chi connectivity index (χ0) is 14.7. The molecule has 6 heteroatoms. The van der Waals surface area contributed by atoms with Crippen LogP contribution in [0.5, 0.6) is 0 Å². The summed E-state index contributed by atoms with van der Waals surface area (Å²) in [5.74, 6) is 0.541. The topological polar surface area (TPSA) is 81.2 Å². The molecule has 0 aliphatic rings. The molecule has 1 atom stereocenters. The molecule has 1 aromatic carbocycles. The standard InChI is InChI=1S/C14H19N3O3/c1-4-10(5-2)9(3)15-14-16-12-8-11(17(18)19)6-7-13(12)20-14/h6-10H,4-5H2,1-3H3,(H,15,16). The first-order valence-corrected chi connectivity index (χ1v) is 6.86. The van der Waals surface area contributed by atoms with Gasteiger partial charge in [-0.15, -0.1) is 0 Å². The van der Waals surface area contributed by atoms with Gasteiger partial charge >= 0.3 is 0 Å². The highest BCUT2D eigenvalue weighted by Crippen LogP contribution is 2.25. The third-order valence-corrected chi connectivity index (χ3v) is 3.69. The minimum absolute atomic E-state index is 0.0189. The average molecular weight is 277 g/mol. The van der Waals surface area contributed by atoms with Crippen LogP contribution >= 0.6 is 0 Å². The molecule has 0 spiro atoms. The molecule has 0 saturated carbocycles. The molecular weight excluding hydrogens is 258 g/mol. The number of hydrogen-bond acceptors (Lipinski definition) is 5. The van der Waals surface area contributed by atoms with E-state index in [9.17, 15) is 10.1 Å². The molecular formula is C14H19N3O3. The lowest BCUT2D eigenvalue weighted by Gasteiger charge is -2.21. The van der Waals surface area contributed by atoms with E-state index in [2.05, 4.69) is 31.1 Å². The zero-order valence-corrected chi connectivity index (χ0v) is 11.9. The molecule has 0 aliphatic carbocycles. The number of nitrogens with zero attached hydrogens (tertiary/aromatic N) is 2. The van der Waals surface area contributed by atoms with Crippen molar-refractivity contribution in [3.8, 4) is 0 Å². The number of nitrogens with one attached hydrogen (secondary N) is 1. The van der Waals surface area contributed by atoms with Crippen LogP contribution in [-0.2, 0) is 0 Å². The van der Waals surface area contributed by atoms with E-state index < -0.39 is 4.92 Å². The van der Waals surface area contributed by atoms with Gasteiger partial charge in [-0.2, -0.15) is 4.98 Å². The fourth-order valence-electron chi connectivity index (χ4n) is 2.40. The number of nitro benzene ring substituents is 1. The van der Waals surface area contributed by atoms with Crippen molar-refractivity contribution in [2.75, 3.05) is 5.32 Å². The van der Waals surface area contributed by atoms with Crippen LogP contribution < -0.4 is 5.32 Å². The number of hydrogen-bond donors (Lipinski definition) is 1. The molecule has 1 unspecified atom stereocenters. The molecule has 0 fully saturated rings. The predicted octanol–water partition coefficient (Wildman–Crippen LogP) is 3.97. The van der Waals surface area contributed by atoms with Gasteiger partial charge in [0, 0.05) is 18.2 Å². The number of nitro groups is 1. The third kappa shape index (κ3) is 2.89. The van der Waals surface area contributed by atoms with Crippen molar-refractivity contribution in [2.45, 2.75) is 39.7 Å². The van der Waals surface area contributed by atoms with E-state index in [1.807, 2.05) is 0 Å². The SMILES string of the molecule is CCC(CC)C(C)Nc1nc2cc([N+](=O)[O-])ccc2o1. The molecule has 0 amide bonds.